The van der Waals surface area contributed by atoms with Crippen molar-refractivity contribution in [3.05, 3.63) is 29.8 Å². The fraction of sp³-hybridized carbons (Fsp3) is 0.100. The summed E-state index contributed by atoms with van der Waals surface area (Å²) < 4.78 is 0. The van der Waals surface area contributed by atoms with Gasteiger partial charge in [-0.05, 0) is 24.3 Å². The van der Waals surface area contributed by atoms with Gasteiger partial charge in [0.15, 0.2) is 5.84 Å². The molecule has 0 saturated carbocycles. The Morgan fingerprint density at radius 3 is 2.35 bits per heavy atom. The zero-order valence-electron chi connectivity index (χ0n) is 8.75. The zero-order valence-corrected chi connectivity index (χ0v) is 8.75. The zero-order chi connectivity index (χ0) is 12.8. The molecule has 1 amide bonds. The van der Waals surface area contributed by atoms with Gasteiger partial charge in [0.05, 0.1) is 0 Å². The summed E-state index contributed by atoms with van der Waals surface area (Å²) in [5.74, 6) is -1.86. The Labute approximate surface area is 96.5 Å². The van der Waals surface area contributed by atoms with Crippen molar-refractivity contribution in [3.63, 3.8) is 0 Å². The van der Waals surface area contributed by atoms with Gasteiger partial charge in [-0.25, -0.2) is 0 Å². The normalized spacial score (nSPS) is 10.9. The molecule has 17 heavy (non-hydrogen) atoms. The number of hydrogen-bond acceptors (Lipinski definition) is 4. The molecule has 5 N–H and O–H groups in total. The molecule has 0 aliphatic carbocycles. The number of carbonyl (C=O) groups excluding carboxylic acids is 1. The van der Waals surface area contributed by atoms with Gasteiger partial charge in [-0.3, -0.25) is 9.59 Å². The van der Waals surface area contributed by atoms with Crippen molar-refractivity contribution in [1.82, 2.24) is 0 Å². The molecule has 0 saturated heterocycles. The summed E-state index contributed by atoms with van der Waals surface area (Å²) in [5.41, 5.74) is 6.27. The molecule has 7 nitrogen and oxygen atoms in total. The molecule has 0 spiro atoms. The predicted octanol–water partition coefficient (Wildman–Crippen LogP) is 0.194. The van der Waals surface area contributed by atoms with E-state index in [2.05, 4.69) is 10.5 Å². The number of carbonyl (C=O) groups is 2. The van der Waals surface area contributed by atoms with Crippen LogP contribution in [0.3, 0.4) is 0 Å². The molecule has 0 bridgehead atoms. The third-order valence-electron chi connectivity index (χ3n) is 1.88. The van der Waals surface area contributed by atoms with Crippen LogP contribution in [0.5, 0.6) is 0 Å². The van der Waals surface area contributed by atoms with Crippen molar-refractivity contribution in [2.24, 2.45) is 10.9 Å². The molecule has 0 heterocycles. The number of amidine groups is 1. The lowest BCUT2D eigenvalue weighted by Crippen LogP contribution is -2.16. The van der Waals surface area contributed by atoms with Crippen LogP contribution in [0.15, 0.2) is 29.4 Å². The average molecular weight is 237 g/mol. The van der Waals surface area contributed by atoms with Gasteiger partial charge in [0.2, 0.25) is 5.91 Å². The fourth-order valence-electron chi connectivity index (χ4n) is 1.12. The van der Waals surface area contributed by atoms with Crippen LogP contribution in [0.1, 0.15) is 12.0 Å². The van der Waals surface area contributed by atoms with E-state index in [1.807, 2.05) is 0 Å². The van der Waals surface area contributed by atoms with Crippen molar-refractivity contribution < 1.29 is 19.9 Å². The highest BCUT2D eigenvalue weighted by Crippen LogP contribution is 2.09. The Morgan fingerprint density at radius 2 is 1.88 bits per heavy atom. The lowest BCUT2D eigenvalue weighted by Gasteiger charge is -2.04. The number of benzene rings is 1. The molecular formula is C10H11N3O4. The monoisotopic (exact) mass is 237 g/mol. The first-order valence-corrected chi connectivity index (χ1v) is 4.62. The molecule has 1 aromatic rings. The third kappa shape index (κ3) is 3.82. The number of nitrogens with zero attached hydrogens (tertiary/aromatic N) is 1. The van der Waals surface area contributed by atoms with Gasteiger partial charge in [0.1, 0.15) is 6.42 Å². The van der Waals surface area contributed by atoms with E-state index in [0.717, 1.165) is 0 Å². The van der Waals surface area contributed by atoms with Gasteiger partial charge < -0.3 is 21.4 Å². The molecule has 0 aliphatic heterocycles. The predicted molar refractivity (Wildman–Crippen MR) is 59.8 cm³/mol. The molecular weight excluding hydrogens is 226 g/mol. The molecule has 0 radical (unpaired) electrons. The second kappa shape index (κ2) is 5.50. The molecule has 0 fully saturated rings. The number of rotatable bonds is 4. The molecule has 7 heteroatoms. The SMILES string of the molecule is N/C(=N\O)c1ccc(NC(=O)CC(=O)O)cc1. The standard InChI is InChI=1S/C10H11N3O4/c11-10(13-17)6-1-3-7(4-2-6)12-8(14)5-9(15)16/h1-4,17H,5H2,(H2,11,13)(H,12,14)(H,15,16). The molecule has 1 rings (SSSR count). The lowest BCUT2D eigenvalue weighted by molar-refractivity contribution is -0.139. The Bertz CT molecular complexity index is 453. The van der Waals surface area contributed by atoms with Crippen LogP contribution in [-0.2, 0) is 9.59 Å². The Balaban J connectivity index is 2.69. The van der Waals surface area contributed by atoms with Crippen molar-refractivity contribution >= 4 is 23.4 Å². The summed E-state index contributed by atoms with van der Waals surface area (Å²) in [4.78, 5) is 21.4. The number of oxime groups is 1. The summed E-state index contributed by atoms with van der Waals surface area (Å²) in [6, 6.07) is 6.11. The Kier molecular flexibility index (Phi) is 4.04. The van der Waals surface area contributed by atoms with Crippen molar-refractivity contribution in [3.8, 4) is 0 Å². The first kappa shape index (κ1) is 12.5. The first-order chi connectivity index (χ1) is 8.02. The average Bonchev–Trinajstić information content (AvgIpc) is 2.28. The van der Waals surface area contributed by atoms with E-state index in [0.29, 0.717) is 11.3 Å². The van der Waals surface area contributed by atoms with Crippen molar-refractivity contribution in [1.29, 1.82) is 0 Å². The topological polar surface area (TPSA) is 125 Å². The Morgan fingerprint density at radius 1 is 1.29 bits per heavy atom. The van der Waals surface area contributed by atoms with Gasteiger partial charge in [0, 0.05) is 11.3 Å². The minimum Gasteiger partial charge on any atom is -0.481 e. The number of aliphatic carboxylic acids is 1. The number of amides is 1. The second-order valence-corrected chi connectivity index (χ2v) is 3.18. The number of hydrogen-bond donors (Lipinski definition) is 4. The van der Waals surface area contributed by atoms with Crippen LogP contribution in [0.2, 0.25) is 0 Å². The molecule has 0 aromatic heterocycles. The fourth-order valence-corrected chi connectivity index (χ4v) is 1.12. The van der Waals surface area contributed by atoms with Crippen LogP contribution >= 0.6 is 0 Å². The van der Waals surface area contributed by atoms with Crippen molar-refractivity contribution in [2.45, 2.75) is 6.42 Å². The van der Waals surface area contributed by atoms with Crippen LogP contribution in [0.25, 0.3) is 0 Å². The van der Waals surface area contributed by atoms with Gasteiger partial charge in [-0.15, -0.1) is 0 Å². The summed E-state index contributed by atoms with van der Waals surface area (Å²) in [6.45, 7) is 0. The van der Waals surface area contributed by atoms with E-state index in [-0.39, 0.29) is 5.84 Å². The number of anilines is 1. The minimum absolute atomic E-state index is 0.0478. The first-order valence-electron chi connectivity index (χ1n) is 4.62. The highest BCUT2D eigenvalue weighted by Gasteiger charge is 2.07. The maximum absolute atomic E-state index is 11.1. The number of carboxylic acid groups (broad SMARTS) is 1. The smallest absolute Gasteiger partial charge is 0.312 e. The largest absolute Gasteiger partial charge is 0.481 e. The van der Waals surface area contributed by atoms with E-state index in [1.165, 1.54) is 24.3 Å². The molecule has 90 valence electrons. The van der Waals surface area contributed by atoms with Gasteiger partial charge in [-0.1, -0.05) is 5.16 Å². The maximum Gasteiger partial charge on any atom is 0.312 e. The number of nitrogens with one attached hydrogen (secondary N) is 1. The molecule has 0 unspecified atom stereocenters. The highest BCUT2D eigenvalue weighted by molar-refractivity contribution is 6.02. The maximum atomic E-state index is 11.1. The summed E-state index contributed by atoms with van der Waals surface area (Å²) in [7, 11) is 0. The quantitative estimate of drug-likeness (QED) is 0.195. The summed E-state index contributed by atoms with van der Waals surface area (Å²) in [6.07, 6.45) is -0.595. The molecule has 1 aromatic carbocycles. The van der Waals surface area contributed by atoms with E-state index in [9.17, 15) is 9.59 Å². The van der Waals surface area contributed by atoms with Gasteiger partial charge in [0.25, 0.3) is 0 Å². The van der Waals surface area contributed by atoms with Crippen LogP contribution in [0, 0.1) is 0 Å². The van der Waals surface area contributed by atoms with E-state index in [4.69, 9.17) is 16.0 Å². The third-order valence-corrected chi connectivity index (χ3v) is 1.88. The van der Waals surface area contributed by atoms with E-state index < -0.39 is 18.3 Å². The number of carboxylic acids is 1. The minimum atomic E-state index is -1.20. The summed E-state index contributed by atoms with van der Waals surface area (Å²) in [5, 5.41) is 22.0. The lowest BCUT2D eigenvalue weighted by atomic mass is 10.2. The van der Waals surface area contributed by atoms with Crippen LogP contribution < -0.4 is 11.1 Å². The Hall–Kier alpha value is -2.57. The molecule has 0 aliphatic rings. The van der Waals surface area contributed by atoms with E-state index in [1.54, 1.807) is 0 Å². The summed E-state index contributed by atoms with van der Waals surface area (Å²) >= 11 is 0. The van der Waals surface area contributed by atoms with Crippen LogP contribution in [-0.4, -0.2) is 28.0 Å². The van der Waals surface area contributed by atoms with E-state index >= 15 is 0 Å². The van der Waals surface area contributed by atoms with Crippen LogP contribution in [0.4, 0.5) is 5.69 Å². The number of nitrogens with two attached hydrogens (primary N) is 1. The van der Waals surface area contributed by atoms with Gasteiger partial charge >= 0.3 is 5.97 Å². The molecule has 0 atom stereocenters. The highest BCUT2D eigenvalue weighted by atomic mass is 16.4. The van der Waals surface area contributed by atoms with Gasteiger partial charge in [-0.2, -0.15) is 0 Å². The van der Waals surface area contributed by atoms with Crippen molar-refractivity contribution in [2.75, 3.05) is 5.32 Å². The second-order valence-electron chi connectivity index (χ2n) is 3.18.